The number of nitrogens with one attached hydrogen (secondary N) is 2. The monoisotopic (exact) mass is 303 g/mol. The van der Waals surface area contributed by atoms with E-state index in [1.165, 1.54) is 0 Å². The fraction of sp³-hybridized carbons (Fsp3) is 0.438. The van der Waals surface area contributed by atoms with Crippen LogP contribution in [0.3, 0.4) is 0 Å². The average molecular weight is 303 g/mol. The normalized spacial score (nSPS) is 14.0. The number of hydrogen-bond acceptors (Lipinski definition) is 4. The van der Waals surface area contributed by atoms with Crippen LogP contribution in [0, 0.1) is 0 Å². The van der Waals surface area contributed by atoms with Gasteiger partial charge in [-0.1, -0.05) is 18.2 Å². The number of hydrazone groups is 1. The summed E-state index contributed by atoms with van der Waals surface area (Å²) >= 11 is 0. The second-order valence-electron chi connectivity index (χ2n) is 5.12. The summed E-state index contributed by atoms with van der Waals surface area (Å²) in [5.74, 6) is 0.767. The molecule has 0 aromatic heterocycles. The maximum atomic E-state index is 11.8. The van der Waals surface area contributed by atoms with Crippen LogP contribution < -0.4 is 15.5 Å². The van der Waals surface area contributed by atoms with Gasteiger partial charge in [0.25, 0.3) is 0 Å². The number of hydrogen-bond donors (Lipinski definition) is 2. The Bertz CT molecular complexity index is 570. The van der Waals surface area contributed by atoms with Crippen molar-refractivity contribution in [1.29, 1.82) is 0 Å². The topological polar surface area (TPSA) is 79.8 Å². The lowest BCUT2D eigenvalue weighted by molar-refractivity contribution is -0.121. The molecular weight excluding hydrogens is 282 g/mol. The Morgan fingerprint density at radius 1 is 1.32 bits per heavy atom. The molecule has 0 saturated carbocycles. The molecule has 2 amide bonds. The summed E-state index contributed by atoms with van der Waals surface area (Å²) in [5.41, 5.74) is 4.38. The van der Waals surface area contributed by atoms with E-state index in [-0.39, 0.29) is 11.8 Å². The minimum absolute atomic E-state index is 0.00509. The maximum absolute atomic E-state index is 11.8. The van der Waals surface area contributed by atoms with Gasteiger partial charge in [-0.15, -0.1) is 0 Å². The zero-order valence-electron chi connectivity index (χ0n) is 12.7. The third-order valence-corrected chi connectivity index (χ3v) is 3.53. The van der Waals surface area contributed by atoms with Gasteiger partial charge in [0.1, 0.15) is 5.75 Å². The molecule has 6 nitrogen and oxygen atoms in total. The molecule has 2 N–H and O–H groups in total. The average Bonchev–Trinajstić information content (AvgIpc) is 2.55. The van der Waals surface area contributed by atoms with Crippen LogP contribution in [0.15, 0.2) is 29.4 Å². The van der Waals surface area contributed by atoms with Gasteiger partial charge in [0.15, 0.2) is 0 Å². The van der Waals surface area contributed by atoms with Crippen molar-refractivity contribution in [3.8, 4) is 5.75 Å². The van der Waals surface area contributed by atoms with E-state index >= 15 is 0 Å². The Hall–Kier alpha value is -2.37. The maximum Gasteiger partial charge on any atom is 0.240 e. The molecule has 0 bridgehead atoms. The molecule has 1 aliphatic rings. The van der Waals surface area contributed by atoms with Crippen molar-refractivity contribution in [2.75, 3.05) is 13.7 Å². The fourth-order valence-electron chi connectivity index (χ4n) is 2.28. The highest BCUT2D eigenvalue weighted by Gasteiger charge is 2.12. The highest BCUT2D eigenvalue weighted by atomic mass is 16.5. The van der Waals surface area contributed by atoms with Crippen LogP contribution >= 0.6 is 0 Å². The van der Waals surface area contributed by atoms with Gasteiger partial charge >= 0.3 is 0 Å². The lowest BCUT2D eigenvalue weighted by Crippen LogP contribution is -2.28. The molecule has 0 atom stereocenters. The van der Waals surface area contributed by atoms with Gasteiger partial charge in [-0.05, 0) is 30.9 Å². The van der Waals surface area contributed by atoms with E-state index in [1.807, 2.05) is 24.3 Å². The van der Waals surface area contributed by atoms with Crippen molar-refractivity contribution in [1.82, 2.24) is 10.7 Å². The Morgan fingerprint density at radius 3 is 2.86 bits per heavy atom. The molecule has 0 saturated heterocycles. The summed E-state index contributed by atoms with van der Waals surface area (Å²) < 4.78 is 5.28. The van der Waals surface area contributed by atoms with Gasteiger partial charge in [0.2, 0.25) is 11.8 Å². The first-order valence-corrected chi connectivity index (χ1v) is 7.42. The van der Waals surface area contributed by atoms with Crippen LogP contribution in [-0.2, 0) is 16.0 Å². The summed E-state index contributed by atoms with van der Waals surface area (Å²) in [5, 5.41) is 6.85. The van der Waals surface area contributed by atoms with E-state index in [0.29, 0.717) is 32.2 Å². The van der Waals surface area contributed by atoms with Gasteiger partial charge < -0.3 is 10.1 Å². The minimum Gasteiger partial charge on any atom is -0.496 e. The third kappa shape index (κ3) is 4.87. The SMILES string of the molecule is COc1ccccc1CCNC(=O)CCC1=NNC(=O)CC1. The van der Waals surface area contributed by atoms with E-state index in [9.17, 15) is 9.59 Å². The highest BCUT2D eigenvalue weighted by molar-refractivity contribution is 5.94. The van der Waals surface area contributed by atoms with E-state index in [2.05, 4.69) is 15.8 Å². The summed E-state index contributed by atoms with van der Waals surface area (Å²) in [7, 11) is 1.64. The van der Waals surface area contributed by atoms with Crippen molar-refractivity contribution in [2.24, 2.45) is 5.10 Å². The van der Waals surface area contributed by atoms with Crippen molar-refractivity contribution in [2.45, 2.75) is 32.1 Å². The Morgan fingerprint density at radius 2 is 2.14 bits per heavy atom. The van der Waals surface area contributed by atoms with Gasteiger partial charge in [-0.25, -0.2) is 5.43 Å². The summed E-state index contributed by atoms with van der Waals surface area (Å²) in [6.07, 6.45) is 2.79. The van der Waals surface area contributed by atoms with E-state index in [0.717, 1.165) is 23.4 Å². The smallest absolute Gasteiger partial charge is 0.240 e. The molecule has 6 heteroatoms. The molecule has 1 aromatic carbocycles. The lowest BCUT2D eigenvalue weighted by Gasteiger charge is -2.12. The van der Waals surface area contributed by atoms with Crippen molar-refractivity contribution < 1.29 is 14.3 Å². The molecule has 0 fully saturated rings. The van der Waals surface area contributed by atoms with E-state index in [4.69, 9.17) is 4.74 Å². The van der Waals surface area contributed by atoms with E-state index in [1.54, 1.807) is 7.11 Å². The van der Waals surface area contributed by atoms with Crippen LogP contribution in [0.5, 0.6) is 5.75 Å². The molecule has 1 aliphatic heterocycles. The van der Waals surface area contributed by atoms with Gasteiger partial charge in [-0.3, -0.25) is 9.59 Å². The van der Waals surface area contributed by atoms with Crippen LogP contribution in [-0.4, -0.2) is 31.2 Å². The predicted octanol–water partition coefficient (Wildman–Crippen LogP) is 1.40. The fourth-order valence-corrected chi connectivity index (χ4v) is 2.28. The molecular formula is C16H21N3O3. The zero-order valence-corrected chi connectivity index (χ0v) is 12.7. The zero-order chi connectivity index (χ0) is 15.8. The van der Waals surface area contributed by atoms with Crippen molar-refractivity contribution >= 4 is 17.5 Å². The van der Waals surface area contributed by atoms with Gasteiger partial charge in [0.05, 0.1) is 7.11 Å². The van der Waals surface area contributed by atoms with Gasteiger partial charge in [0, 0.05) is 25.1 Å². The molecule has 1 aromatic rings. The van der Waals surface area contributed by atoms with Crippen molar-refractivity contribution in [3.05, 3.63) is 29.8 Å². The van der Waals surface area contributed by atoms with Gasteiger partial charge in [-0.2, -0.15) is 5.10 Å². The van der Waals surface area contributed by atoms with Crippen LogP contribution in [0.25, 0.3) is 0 Å². The molecule has 22 heavy (non-hydrogen) atoms. The third-order valence-electron chi connectivity index (χ3n) is 3.53. The molecule has 2 rings (SSSR count). The van der Waals surface area contributed by atoms with Crippen molar-refractivity contribution in [3.63, 3.8) is 0 Å². The number of ether oxygens (including phenoxy) is 1. The number of carbonyl (C=O) groups is 2. The largest absolute Gasteiger partial charge is 0.496 e. The number of nitrogens with zero attached hydrogens (tertiary/aromatic N) is 1. The highest BCUT2D eigenvalue weighted by Crippen LogP contribution is 2.17. The predicted molar refractivity (Wildman–Crippen MR) is 83.8 cm³/mol. The first-order chi connectivity index (χ1) is 10.7. The first-order valence-electron chi connectivity index (χ1n) is 7.42. The van der Waals surface area contributed by atoms with Crippen LogP contribution in [0.4, 0.5) is 0 Å². The first kappa shape index (κ1) is 16.0. The molecule has 0 unspecified atom stereocenters. The summed E-state index contributed by atoms with van der Waals surface area (Å²) in [6.45, 7) is 0.572. The quantitative estimate of drug-likeness (QED) is 0.799. The van der Waals surface area contributed by atoms with E-state index < -0.39 is 0 Å². The molecule has 0 radical (unpaired) electrons. The second kappa shape index (κ2) is 8.17. The molecule has 1 heterocycles. The number of carbonyl (C=O) groups excluding carboxylic acids is 2. The number of methoxy groups -OCH3 is 1. The molecule has 118 valence electrons. The summed E-state index contributed by atoms with van der Waals surface area (Å²) in [4.78, 5) is 22.8. The Labute approximate surface area is 129 Å². The minimum atomic E-state index is -0.0648. The number of para-hydroxylation sites is 1. The molecule has 0 aliphatic carbocycles. The standard InChI is InChI=1S/C16H21N3O3/c1-22-14-5-3-2-4-12(14)10-11-17-15(20)8-6-13-7-9-16(21)19-18-13/h2-5H,6-11H2,1H3,(H,17,20)(H,19,21). The number of benzene rings is 1. The summed E-state index contributed by atoms with van der Waals surface area (Å²) in [6, 6.07) is 7.77. The second-order valence-corrected chi connectivity index (χ2v) is 5.12. The number of amides is 2. The van der Waals surface area contributed by atoms with Crippen LogP contribution in [0.1, 0.15) is 31.2 Å². The lowest BCUT2D eigenvalue weighted by atomic mass is 10.1. The number of rotatable bonds is 7. The Balaban J connectivity index is 1.68. The molecule has 0 spiro atoms. The Kier molecular flexibility index (Phi) is 5.94. The van der Waals surface area contributed by atoms with Crippen LogP contribution in [0.2, 0.25) is 0 Å².